The predicted octanol–water partition coefficient (Wildman–Crippen LogP) is 2.25. The summed E-state index contributed by atoms with van der Waals surface area (Å²) in [5.74, 6) is 0. The third kappa shape index (κ3) is 3.76. The van der Waals surface area contributed by atoms with Gasteiger partial charge < -0.3 is 5.11 Å². The lowest BCUT2D eigenvalue weighted by Gasteiger charge is -2.40. The highest BCUT2D eigenvalue weighted by Gasteiger charge is 2.38. The molecule has 0 saturated carbocycles. The molecule has 7 heteroatoms. The monoisotopic (exact) mass is 333 g/mol. The van der Waals surface area contributed by atoms with Crippen molar-refractivity contribution in [3.05, 3.63) is 34.9 Å². The quantitative estimate of drug-likeness (QED) is 0.826. The molecule has 118 valence electrons. The maximum atomic E-state index is 11.4. The van der Waals surface area contributed by atoms with Crippen LogP contribution in [0.1, 0.15) is 31.7 Å². The fourth-order valence-corrected chi connectivity index (χ4v) is 4.02. The van der Waals surface area contributed by atoms with Gasteiger partial charge in [-0.25, -0.2) is 0 Å². The van der Waals surface area contributed by atoms with E-state index in [4.69, 9.17) is 11.6 Å². The number of nitrogens with zero attached hydrogens (tertiary/aromatic N) is 1. The van der Waals surface area contributed by atoms with Gasteiger partial charge in [0.05, 0.1) is 5.60 Å². The molecule has 1 aliphatic rings. The Morgan fingerprint density at radius 1 is 1.29 bits per heavy atom. The molecule has 1 heterocycles. The van der Waals surface area contributed by atoms with Crippen LogP contribution in [0.25, 0.3) is 0 Å². The van der Waals surface area contributed by atoms with E-state index in [1.165, 1.54) is 0 Å². The summed E-state index contributed by atoms with van der Waals surface area (Å²) < 4.78 is 32.0. The molecule has 2 rings (SSSR count). The molecule has 0 radical (unpaired) electrons. The van der Waals surface area contributed by atoms with Gasteiger partial charge in [-0.15, -0.1) is 0 Å². The van der Waals surface area contributed by atoms with Gasteiger partial charge in [-0.3, -0.25) is 9.45 Å². The minimum absolute atomic E-state index is 0.318. The molecule has 0 spiro atoms. The zero-order valence-corrected chi connectivity index (χ0v) is 13.4. The van der Waals surface area contributed by atoms with Crippen molar-refractivity contribution in [1.29, 1.82) is 0 Å². The van der Waals surface area contributed by atoms with Crippen molar-refractivity contribution in [2.45, 2.75) is 37.2 Å². The highest BCUT2D eigenvalue weighted by molar-refractivity contribution is 7.86. The molecular weight excluding hydrogens is 314 g/mol. The molecule has 1 aromatic rings. The van der Waals surface area contributed by atoms with Gasteiger partial charge in [0.2, 0.25) is 0 Å². The predicted molar refractivity (Wildman–Crippen MR) is 81.8 cm³/mol. The van der Waals surface area contributed by atoms with Gasteiger partial charge in [-0.1, -0.05) is 30.7 Å². The summed E-state index contributed by atoms with van der Waals surface area (Å²) in [6, 6.07) is 7.04. The second-order valence-electron chi connectivity index (χ2n) is 5.45. The van der Waals surface area contributed by atoms with Gasteiger partial charge in [0, 0.05) is 18.1 Å². The summed E-state index contributed by atoms with van der Waals surface area (Å²) in [6.45, 7) is 2.55. The average molecular weight is 334 g/mol. The Morgan fingerprint density at radius 3 is 2.24 bits per heavy atom. The molecule has 1 saturated heterocycles. The smallest absolute Gasteiger partial charge is 0.281 e. The first kappa shape index (κ1) is 16.7. The van der Waals surface area contributed by atoms with Crippen LogP contribution in [0.4, 0.5) is 0 Å². The van der Waals surface area contributed by atoms with Gasteiger partial charge in [0.25, 0.3) is 10.1 Å². The lowest BCUT2D eigenvalue weighted by molar-refractivity contribution is -0.0297. The minimum Gasteiger partial charge on any atom is -0.385 e. The molecule has 21 heavy (non-hydrogen) atoms. The largest absolute Gasteiger partial charge is 0.385 e. The van der Waals surface area contributed by atoms with Crippen LogP contribution in [0.5, 0.6) is 0 Å². The number of benzene rings is 1. The number of hydrogen-bond donors (Lipinski definition) is 2. The molecule has 1 unspecified atom stereocenters. The van der Waals surface area contributed by atoms with E-state index in [0.717, 1.165) is 5.56 Å². The first-order valence-electron chi connectivity index (χ1n) is 6.95. The van der Waals surface area contributed by atoms with Crippen LogP contribution in [-0.4, -0.2) is 41.4 Å². The van der Waals surface area contributed by atoms with Gasteiger partial charge >= 0.3 is 0 Å². The van der Waals surface area contributed by atoms with Crippen LogP contribution in [0, 0.1) is 0 Å². The zero-order valence-electron chi connectivity index (χ0n) is 11.9. The second-order valence-corrected chi connectivity index (χ2v) is 7.46. The standard InChI is InChI=1S/C14H20ClNO4S/c1-2-13(21(18,19)20)16-9-7-14(17,8-10-16)11-3-5-12(15)6-4-11/h3-6,13,17H,2,7-10H2,1H3,(H,18,19,20). The highest BCUT2D eigenvalue weighted by Crippen LogP contribution is 2.34. The molecule has 0 bridgehead atoms. The van der Waals surface area contributed by atoms with Crippen LogP contribution in [-0.2, 0) is 15.7 Å². The molecule has 2 N–H and O–H groups in total. The Kier molecular flexibility index (Phi) is 4.95. The Bertz CT molecular complexity index is 579. The normalized spacial score (nSPS) is 21.1. The maximum absolute atomic E-state index is 11.4. The van der Waals surface area contributed by atoms with E-state index in [1.807, 2.05) is 0 Å². The second kappa shape index (κ2) is 6.22. The Balaban J connectivity index is 2.10. The van der Waals surface area contributed by atoms with E-state index in [9.17, 15) is 18.1 Å². The molecule has 1 fully saturated rings. The van der Waals surface area contributed by atoms with Gasteiger partial charge in [0.1, 0.15) is 5.37 Å². The third-order valence-electron chi connectivity index (χ3n) is 4.11. The van der Waals surface area contributed by atoms with Crippen molar-refractivity contribution < 1.29 is 18.1 Å². The van der Waals surface area contributed by atoms with E-state index >= 15 is 0 Å². The zero-order chi connectivity index (χ0) is 15.7. The SMILES string of the molecule is CCC(N1CCC(O)(c2ccc(Cl)cc2)CC1)S(=O)(=O)O. The first-order valence-corrected chi connectivity index (χ1v) is 8.83. The van der Waals surface area contributed by atoms with E-state index < -0.39 is 21.1 Å². The molecular formula is C14H20ClNO4S. The summed E-state index contributed by atoms with van der Waals surface area (Å²) in [5, 5.41) is 10.4. The molecule has 0 aliphatic carbocycles. The molecule has 5 nitrogen and oxygen atoms in total. The lowest BCUT2D eigenvalue weighted by atomic mass is 9.84. The highest BCUT2D eigenvalue weighted by atomic mass is 35.5. The summed E-state index contributed by atoms with van der Waals surface area (Å²) in [4.78, 5) is 1.71. The van der Waals surface area contributed by atoms with E-state index in [1.54, 1.807) is 36.1 Å². The van der Waals surface area contributed by atoms with Crippen LogP contribution in [0.3, 0.4) is 0 Å². The average Bonchev–Trinajstić information content (AvgIpc) is 2.41. The number of hydrogen-bond acceptors (Lipinski definition) is 4. The van der Waals surface area contributed by atoms with E-state index in [-0.39, 0.29) is 0 Å². The number of aliphatic hydroxyl groups is 1. The number of rotatable bonds is 4. The first-order chi connectivity index (χ1) is 9.76. The van der Waals surface area contributed by atoms with E-state index in [0.29, 0.717) is 37.4 Å². The van der Waals surface area contributed by atoms with Crippen LogP contribution in [0.2, 0.25) is 5.02 Å². The minimum atomic E-state index is -4.10. The van der Waals surface area contributed by atoms with Crippen LogP contribution >= 0.6 is 11.6 Å². The summed E-state index contributed by atoms with van der Waals surface area (Å²) in [6.07, 6.45) is 1.15. The van der Waals surface area contributed by atoms with Crippen molar-refractivity contribution >= 4 is 21.7 Å². The van der Waals surface area contributed by atoms with Crippen LogP contribution in [0.15, 0.2) is 24.3 Å². The molecule has 1 aliphatic heterocycles. The Labute approximate surface area is 130 Å². The third-order valence-corrected chi connectivity index (χ3v) is 5.68. The van der Waals surface area contributed by atoms with Crippen molar-refractivity contribution in [3.63, 3.8) is 0 Å². The fraction of sp³-hybridized carbons (Fsp3) is 0.571. The molecule has 1 atom stereocenters. The molecule has 0 amide bonds. The summed E-state index contributed by atoms with van der Waals surface area (Å²) in [5.41, 5.74) is -0.190. The molecule has 0 aromatic heterocycles. The number of likely N-dealkylation sites (tertiary alicyclic amines) is 1. The number of halogens is 1. The van der Waals surface area contributed by atoms with Crippen molar-refractivity contribution in [2.24, 2.45) is 0 Å². The summed E-state index contributed by atoms with van der Waals surface area (Å²) in [7, 11) is -4.10. The maximum Gasteiger partial charge on any atom is 0.281 e. The number of piperidine rings is 1. The van der Waals surface area contributed by atoms with E-state index in [2.05, 4.69) is 0 Å². The van der Waals surface area contributed by atoms with Gasteiger partial charge in [-0.05, 0) is 37.0 Å². The molecule has 1 aromatic carbocycles. The Morgan fingerprint density at radius 2 is 1.81 bits per heavy atom. The van der Waals surface area contributed by atoms with Gasteiger partial charge in [0.15, 0.2) is 0 Å². The topological polar surface area (TPSA) is 77.8 Å². The van der Waals surface area contributed by atoms with Crippen molar-refractivity contribution in [3.8, 4) is 0 Å². The fourth-order valence-electron chi connectivity index (χ4n) is 2.89. The Hall–Kier alpha value is -0.660. The lowest BCUT2D eigenvalue weighted by Crippen LogP contribution is -2.49. The van der Waals surface area contributed by atoms with Crippen molar-refractivity contribution in [2.75, 3.05) is 13.1 Å². The van der Waals surface area contributed by atoms with Crippen molar-refractivity contribution in [1.82, 2.24) is 4.90 Å². The van der Waals surface area contributed by atoms with Gasteiger partial charge in [-0.2, -0.15) is 8.42 Å². The van der Waals surface area contributed by atoms with Crippen LogP contribution < -0.4 is 0 Å². The summed E-state index contributed by atoms with van der Waals surface area (Å²) >= 11 is 5.85.